The number of rotatable bonds is 5. The number of anilines is 3. The Balaban J connectivity index is 1.03. The van der Waals surface area contributed by atoms with Gasteiger partial charge in [-0.25, -0.2) is 4.68 Å². The van der Waals surface area contributed by atoms with Crippen LogP contribution in [-0.2, 0) is 18.9 Å². The van der Waals surface area contributed by atoms with Crippen molar-refractivity contribution in [3.63, 3.8) is 0 Å². The number of amides is 2. The maximum atomic E-state index is 13.3. The van der Waals surface area contributed by atoms with Gasteiger partial charge in [0, 0.05) is 60.2 Å². The summed E-state index contributed by atoms with van der Waals surface area (Å²) in [4.78, 5) is 34.7. The molecule has 362 valence electrons. The molecule has 0 saturated carbocycles. The van der Waals surface area contributed by atoms with Gasteiger partial charge in [-0.3, -0.25) is 14.5 Å². The summed E-state index contributed by atoms with van der Waals surface area (Å²) in [7, 11) is 1.67. The number of methoxy groups -OCH3 is 1. The molecular weight excluding hydrogens is 879 g/mol. The first-order valence-corrected chi connectivity index (χ1v) is 23.9. The minimum absolute atomic E-state index is 0.295. The van der Waals surface area contributed by atoms with Gasteiger partial charge in [-0.2, -0.15) is 0 Å². The lowest BCUT2D eigenvalue weighted by Crippen LogP contribution is -2.40. The summed E-state index contributed by atoms with van der Waals surface area (Å²) in [6.45, 7) is 14.6. The van der Waals surface area contributed by atoms with Crippen LogP contribution in [0.25, 0.3) is 27.7 Å². The van der Waals surface area contributed by atoms with E-state index in [9.17, 15) is 9.59 Å². The quantitative estimate of drug-likeness (QED) is 0.129. The van der Waals surface area contributed by atoms with E-state index in [1.54, 1.807) is 30.8 Å². The van der Waals surface area contributed by atoms with Crippen molar-refractivity contribution in [3.8, 4) is 34.2 Å². The lowest BCUT2D eigenvalue weighted by Gasteiger charge is -2.29. The van der Waals surface area contributed by atoms with Crippen molar-refractivity contribution in [3.05, 3.63) is 113 Å². The van der Waals surface area contributed by atoms with Gasteiger partial charge in [-0.1, -0.05) is 35.5 Å². The van der Waals surface area contributed by atoms with E-state index in [0.29, 0.717) is 146 Å². The Morgan fingerprint density at radius 3 is 1.62 bits per heavy atom. The Kier molecular flexibility index (Phi) is 15.2. The Labute approximate surface area is 403 Å². The monoisotopic (exact) mass is 939 g/mol. The number of aryl methyl sites for hydroxylation is 2. The van der Waals surface area contributed by atoms with Gasteiger partial charge < -0.3 is 47.9 Å². The highest BCUT2D eigenvalue weighted by Crippen LogP contribution is 2.37. The average molecular weight is 940 g/mol. The molecule has 4 aliphatic heterocycles. The molecule has 69 heavy (non-hydrogen) atoms. The van der Waals surface area contributed by atoms with Crippen molar-refractivity contribution >= 4 is 39.6 Å². The van der Waals surface area contributed by atoms with Crippen molar-refractivity contribution in [2.45, 2.75) is 20.8 Å². The first-order valence-electron chi connectivity index (χ1n) is 23.9. The summed E-state index contributed by atoms with van der Waals surface area (Å²) >= 11 is 0. The molecule has 0 N–H and O–H groups in total. The molecule has 1 fully saturated rings. The molecule has 16 heteroatoms. The Bertz CT molecular complexity index is 2640. The van der Waals surface area contributed by atoms with Crippen molar-refractivity contribution < 1.29 is 42.7 Å². The summed E-state index contributed by atoms with van der Waals surface area (Å²) in [5.41, 5.74) is 8.08. The van der Waals surface area contributed by atoms with Crippen LogP contribution < -0.4 is 28.9 Å². The van der Waals surface area contributed by atoms with Crippen LogP contribution in [0.4, 0.5) is 17.1 Å². The fraction of sp³-hybridized carbons (Fsp3) is 0.396. The number of fused-ring (bicyclic) bond motifs is 20. The van der Waals surface area contributed by atoms with E-state index in [1.165, 1.54) is 4.90 Å². The summed E-state index contributed by atoms with van der Waals surface area (Å²) in [5, 5.41) is 10.5. The van der Waals surface area contributed by atoms with Crippen LogP contribution in [0.3, 0.4) is 0 Å². The second-order valence-corrected chi connectivity index (χ2v) is 17.2. The summed E-state index contributed by atoms with van der Waals surface area (Å²) in [6, 6.07) is 27.7. The first-order chi connectivity index (χ1) is 33.8. The number of ether oxygens (including phenoxy) is 7. The van der Waals surface area contributed by atoms with Gasteiger partial charge in [-0.05, 0) is 86.5 Å². The molecule has 6 aromatic rings. The maximum absolute atomic E-state index is 13.3. The fourth-order valence-corrected chi connectivity index (χ4v) is 9.16. The molecule has 2 amide bonds. The molecular formula is C53H61N7O9. The number of aromatic nitrogens is 3. The summed E-state index contributed by atoms with van der Waals surface area (Å²) < 4.78 is 45.7. The highest BCUT2D eigenvalue weighted by atomic mass is 16.5. The zero-order chi connectivity index (χ0) is 47.7. The number of carbonyl (C=O) groups excluding carboxylic acids is 2. The minimum Gasteiger partial charge on any atom is -0.495 e. The molecule has 0 unspecified atom stereocenters. The van der Waals surface area contributed by atoms with Gasteiger partial charge in [0.1, 0.15) is 36.2 Å². The van der Waals surface area contributed by atoms with Gasteiger partial charge in [0.25, 0.3) is 11.8 Å². The molecule has 5 aromatic carbocycles. The van der Waals surface area contributed by atoms with E-state index < -0.39 is 0 Å². The van der Waals surface area contributed by atoms with Crippen molar-refractivity contribution in [1.29, 1.82) is 0 Å². The lowest BCUT2D eigenvalue weighted by atomic mass is 9.93. The number of carbonyl (C=O) groups is 2. The van der Waals surface area contributed by atoms with Crippen molar-refractivity contribution in [2.75, 3.05) is 134 Å². The van der Waals surface area contributed by atoms with Crippen LogP contribution in [0.2, 0.25) is 0 Å². The standard InChI is InChI=1S/C53H61N7O9/c1-5-59-52(61)41-8-6-7-40-44(16-12-42(51(40)41)53(59)62)60-36-43(54-55-60)39-11-15-45(48(35-39)63-4)58-21-27-68-49-33-37(2)9-13-46(49)56-17-23-64-29-31-66-25-19-57(20-26-67-32-30-65-24-18-56)47-14-10-38(3)34-50(47)69-28-22-58/h6-16,33-36H,5,17-32H2,1-4H3. The van der Waals surface area contributed by atoms with E-state index in [1.807, 2.05) is 42.6 Å². The third kappa shape index (κ3) is 10.6. The summed E-state index contributed by atoms with van der Waals surface area (Å²) in [5.74, 6) is 1.60. The predicted molar refractivity (Wildman–Crippen MR) is 265 cm³/mol. The molecule has 16 nitrogen and oxygen atoms in total. The minimum atomic E-state index is -0.301. The Hall–Kier alpha value is -6.72. The molecule has 1 aromatic heterocycles. The third-order valence-corrected chi connectivity index (χ3v) is 12.8. The van der Waals surface area contributed by atoms with E-state index in [0.717, 1.165) is 50.6 Å². The van der Waals surface area contributed by atoms with Crippen LogP contribution in [0.5, 0.6) is 17.2 Å². The second-order valence-electron chi connectivity index (χ2n) is 17.2. The third-order valence-electron chi connectivity index (χ3n) is 12.8. The summed E-state index contributed by atoms with van der Waals surface area (Å²) in [6.07, 6.45) is 1.85. The van der Waals surface area contributed by atoms with Crippen LogP contribution in [0.15, 0.2) is 91.1 Å². The van der Waals surface area contributed by atoms with Gasteiger partial charge in [0.15, 0.2) is 0 Å². The number of nitrogens with zero attached hydrogens (tertiary/aromatic N) is 7. The average Bonchev–Trinajstić information content (AvgIpc) is 3.85. The van der Waals surface area contributed by atoms with E-state index >= 15 is 0 Å². The fourth-order valence-electron chi connectivity index (χ4n) is 9.16. The van der Waals surface area contributed by atoms with Crippen LogP contribution in [0, 0.1) is 13.8 Å². The second kappa shape index (κ2) is 22.1. The molecule has 1 saturated heterocycles. The van der Waals surface area contributed by atoms with Crippen LogP contribution in [0.1, 0.15) is 38.8 Å². The SMILES string of the molecule is CCN1C(=O)c2cccc3c(-n4cc(-c5ccc(N6CCOc7cc(C)ccc7N7CCOCCOCCN(CCOCCOCC7)c7ccc(C)cc7OCC6)c(OC)c5)nn4)ccc(c23)C1=O. The molecule has 2 bridgehead atoms. The van der Waals surface area contributed by atoms with E-state index in [4.69, 9.17) is 33.2 Å². The molecule has 0 radical (unpaired) electrons. The topological polar surface area (TPSA) is 142 Å². The molecule has 10 rings (SSSR count). The smallest absolute Gasteiger partial charge is 0.261 e. The zero-order valence-corrected chi connectivity index (χ0v) is 40.0. The van der Waals surface area contributed by atoms with Crippen LogP contribution >= 0.6 is 0 Å². The maximum Gasteiger partial charge on any atom is 0.261 e. The Morgan fingerprint density at radius 1 is 0.565 bits per heavy atom. The number of imide groups is 1. The van der Waals surface area contributed by atoms with Crippen molar-refractivity contribution in [2.24, 2.45) is 0 Å². The zero-order valence-electron chi connectivity index (χ0n) is 40.0. The molecule has 0 spiro atoms. The molecule has 4 aliphatic rings. The normalized spacial score (nSPS) is 17.2. The van der Waals surface area contributed by atoms with Crippen molar-refractivity contribution in [1.82, 2.24) is 19.9 Å². The van der Waals surface area contributed by atoms with E-state index in [2.05, 4.69) is 75.3 Å². The molecule has 0 aliphatic carbocycles. The predicted octanol–water partition coefficient (Wildman–Crippen LogP) is 7.00. The van der Waals surface area contributed by atoms with Crippen LogP contribution in [-0.4, -0.2) is 151 Å². The first kappa shape index (κ1) is 47.4. The largest absolute Gasteiger partial charge is 0.495 e. The Morgan fingerprint density at radius 2 is 1.07 bits per heavy atom. The van der Waals surface area contributed by atoms with E-state index in [-0.39, 0.29) is 11.8 Å². The number of hydrogen-bond donors (Lipinski definition) is 0. The van der Waals surface area contributed by atoms with Gasteiger partial charge >= 0.3 is 0 Å². The highest BCUT2D eigenvalue weighted by molar-refractivity contribution is 6.26. The molecule has 0 atom stereocenters. The number of benzene rings is 5. The number of hydrogen-bond acceptors (Lipinski definition) is 14. The highest BCUT2D eigenvalue weighted by Gasteiger charge is 2.32. The van der Waals surface area contributed by atoms with Gasteiger partial charge in [0.05, 0.1) is 102 Å². The molecule has 5 heterocycles. The van der Waals surface area contributed by atoms with Gasteiger partial charge in [-0.15, -0.1) is 5.10 Å². The van der Waals surface area contributed by atoms with Gasteiger partial charge in [0.2, 0.25) is 0 Å². The lowest BCUT2D eigenvalue weighted by molar-refractivity contribution is 0.0435.